The lowest BCUT2D eigenvalue weighted by molar-refractivity contribution is -0.0864. The lowest BCUT2D eigenvalue weighted by atomic mass is 10.2. The molecule has 0 spiro atoms. The highest BCUT2D eigenvalue weighted by Crippen LogP contribution is 2.14. The highest BCUT2D eigenvalue weighted by atomic mass is 16.7. The summed E-state index contributed by atoms with van der Waals surface area (Å²) >= 11 is 0. The van der Waals surface area contributed by atoms with Crippen LogP contribution < -0.4 is 0 Å². The molecule has 0 unspecified atom stereocenters. The minimum atomic E-state index is -0.971. The Bertz CT molecular complexity index is 522. The summed E-state index contributed by atoms with van der Waals surface area (Å²) in [7, 11) is 0. The summed E-state index contributed by atoms with van der Waals surface area (Å²) in [5.41, 5.74) is 0. The third-order valence-electron chi connectivity index (χ3n) is 2.97. The molecule has 2 rings (SSSR count). The quantitative estimate of drug-likeness (QED) is 0.419. The molecular weight excluding hydrogens is 288 g/mol. The molecule has 0 saturated heterocycles. The number of furan rings is 2. The molecule has 0 aliphatic carbocycles. The van der Waals surface area contributed by atoms with Gasteiger partial charge in [-0.15, -0.1) is 0 Å². The molecule has 0 amide bonds. The molecule has 0 saturated carbocycles. The Labute approximate surface area is 128 Å². The minimum Gasteiger partial charge on any atom is -0.457 e. The number of rotatable bonds is 8. The Kier molecular flexibility index (Phi) is 5.82. The van der Waals surface area contributed by atoms with E-state index in [-0.39, 0.29) is 11.5 Å². The van der Waals surface area contributed by atoms with E-state index in [0.29, 0.717) is 6.42 Å². The van der Waals surface area contributed by atoms with Crippen molar-refractivity contribution >= 4 is 11.9 Å². The predicted molar refractivity (Wildman–Crippen MR) is 76.2 cm³/mol. The number of unbranched alkanes of at least 4 members (excludes halogenated alkanes) is 2. The Morgan fingerprint density at radius 2 is 1.55 bits per heavy atom. The molecule has 0 bridgehead atoms. The molecule has 0 aliphatic rings. The van der Waals surface area contributed by atoms with Gasteiger partial charge in [0.25, 0.3) is 0 Å². The lowest BCUT2D eigenvalue weighted by Crippen LogP contribution is -2.24. The Balaban J connectivity index is 1.95. The van der Waals surface area contributed by atoms with Crippen molar-refractivity contribution in [1.82, 2.24) is 0 Å². The fourth-order valence-corrected chi connectivity index (χ4v) is 1.85. The van der Waals surface area contributed by atoms with Crippen molar-refractivity contribution in [3.63, 3.8) is 0 Å². The number of ether oxygens (including phenoxy) is 2. The maximum Gasteiger partial charge on any atom is 0.377 e. The Morgan fingerprint density at radius 1 is 1.00 bits per heavy atom. The van der Waals surface area contributed by atoms with Gasteiger partial charge < -0.3 is 18.3 Å². The summed E-state index contributed by atoms with van der Waals surface area (Å²) in [6.07, 6.45) is 4.93. The molecule has 6 nitrogen and oxygen atoms in total. The highest BCUT2D eigenvalue weighted by Gasteiger charge is 2.23. The first-order valence-electron chi connectivity index (χ1n) is 7.19. The molecule has 118 valence electrons. The number of hydrogen-bond donors (Lipinski definition) is 0. The van der Waals surface area contributed by atoms with E-state index in [1.54, 1.807) is 12.1 Å². The third kappa shape index (κ3) is 4.51. The van der Waals surface area contributed by atoms with Gasteiger partial charge in [0.2, 0.25) is 17.8 Å². The van der Waals surface area contributed by atoms with Gasteiger partial charge in [-0.05, 0) is 30.7 Å². The van der Waals surface area contributed by atoms with Crippen LogP contribution in [0.15, 0.2) is 45.6 Å². The molecule has 0 aromatic carbocycles. The standard InChI is InChI=1S/C16H18O6/c1-2-3-4-9-14(21-15(17)12-7-5-10-19-12)22-16(18)13-8-6-11-20-13/h5-8,10-11,14H,2-4,9H2,1H3. The summed E-state index contributed by atoms with van der Waals surface area (Å²) in [4.78, 5) is 23.8. The van der Waals surface area contributed by atoms with Crippen molar-refractivity contribution in [3.05, 3.63) is 48.3 Å². The van der Waals surface area contributed by atoms with Crippen LogP contribution in [0.5, 0.6) is 0 Å². The monoisotopic (exact) mass is 306 g/mol. The first kappa shape index (κ1) is 15.9. The van der Waals surface area contributed by atoms with Crippen molar-refractivity contribution in [2.45, 2.75) is 38.9 Å². The first-order valence-corrected chi connectivity index (χ1v) is 7.19. The van der Waals surface area contributed by atoms with Crippen molar-refractivity contribution < 1.29 is 27.9 Å². The van der Waals surface area contributed by atoms with Crippen LogP contribution in [0.3, 0.4) is 0 Å². The normalized spacial score (nSPS) is 10.6. The van der Waals surface area contributed by atoms with Crippen molar-refractivity contribution in [1.29, 1.82) is 0 Å². The summed E-state index contributed by atoms with van der Waals surface area (Å²) in [5, 5.41) is 0. The van der Waals surface area contributed by atoms with Gasteiger partial charge >= 0.3 is 11.9 Å². The maximum atomic E-state index is 11.9. The van der Waals surface area contributed by atoms with Gasteiger partial charge in [-0.2, -0.15) is 0 Å². The van der Waals surface area contributed by atoms with Crippen LogP contribution in [0.2, 0.25) is 0 Å². The van der Waals surface area contributed by atoms with E-state index in [1.165, 1.54) is 24.7 Å². The summed E-state index contributed by atoms with van der Waals surface area (Å²) < 4.78 is 20.3. The molecule has 2 heterocycles. The van der Waals surface area contributed by atoms with E-state index >= 15 is 0 Å². The molecule has 0 fully saturated rings. The molecule has 22 heavy (non-hydrogen) atoms. The zero-order valence-corrected chi connectivity index (χ0v) is 12.3. The predicted octanol–water partition coefficient (Wildman–Crippen LogP) is 3.79. The topological polar surface area (TPSA) is 78.9 Å². The number of hydrogen-bond acceptors (Lipinski definition) is 6. The van der Waals surface area contributed by atoms with E-state index in [9.17, 15) is 9.59 Å². The van der Waals surface area contributed by atoms with Crippen LogP contribution in [0, 0.1) is 0 Å². The number of esters is 2. The van der Waals surface area contributed by atoms with E-state index in [4.69, 9.17) is 18.3 Å². The second-order valence-electron chi connectivity index (χ2n) is 4.69. The smallest absolute Gasteiger partial charge is 0.377 e. The molecule has 2 aromatic rings. The summed E-state index contributed by atoms with van der Waals surface area (Å²) in [5.74, 6) is -1.21. The van der Waals surface area contributed by atoms with Crippen LogP contribution in [-0.2, 0) is 9.47 Å². The van der Waals surface area contributed by atoms with Crippen LogP contribution in [0.1, 0.15) is 53.7 Å². The van der Waals surface area contributed by atoms with Crippen molar-refractivity contribution in [2.75, 3.05) is 0 Å². The fourth-order valence-electron chi connectivity index (χ4n) is 1.85. The summed E-state index contributed by atoms with van der Waals surface area (Å²) in [6.45, 7) is 2.05. The molecule has 0 radical (unpaired) electrons. The van der Waals surface area contributed by atoms with E-state index in [0.717, 1.165) is 19.3 Å². The second kappa shape index (κ2) is 8.07. The van der Waals surface area contributed by atoms with Gasteiger partial charge in [-0.25, -0.2) is 9.59 Å². The SMILES string of the molecule is CCCCCC(OC(=O)c1ccco1)OC(=O)c1ccco1. The average molecular weight is 306 g/mol. The van der Waals surface area contributed by atoms with Crippen LogP contribution >= 0.6 is 0 Å². The van der Waals surface area contributed by atoms with Crippen molar-refractivity contribution in [3.8, 4) is 0 Å². The fraction of sp³-hybridized carbons (Fsp3) is 0.375. The summed E-state index contributed by atoms with van der Waals surface area (Å²) in [6, 6.07) is 6.13. The maximum absolute atomic E-state index is 11.9. The van der Waals surface area contributed by atoms with E-state index in [1.807, 2.05) is 0 Å². The minimum absolute atomic E-state index is 0.0644. The van der Waals surface area contributed by atoms with Gasteiger partial charge in [0, 0.05) is 6.42 Å². The largest absolute Gasteiger partial charge is 0.457 e. The zero-order valence-electron chi connectivity index (χ0n) is 12.3. The number of carbonyl (C=O) groups excluding carboxylic acids is 2. The van der Waals surface area contributed by atoms with Gasteiger partial charge in [0.05, 0.1) is 12.5 Å². The van der Waals surface area contributed by atoms with E-state index < -0.39 is 18.2 Å². The Hall–Kier alpha value is -2.50. The molecule has 2 aromatic heterocycles. The second-order valence-corrected chi connectivity index (χ2v) is 4.69. The third-order valence-corrected chi connectivity index (χ3v) is 2.97. The van der Waals surface area contributed by atoms with Gasteiger partial charge in [-0.3, -0.25) is 0 Å². The van der Waals surface area contributed by atoms with Crippen LogP contribution in [0.4, 0.5) is 0 Å². The van der Waals surface area contributed by atoms with E-state index in [2.05, 4.69) is 6.92 Å². The molecule has 0 aliphatic heterocycles. The van der Waals surface area contributed by atoms with Gasteiger partial charge in [0.15, 0.2) is 0 Å². The number of carbonyl (C=O) groups is 2. The van der Waals surface area contributed by atoms with Crippen LogP contribution in [0.25, 0.3) is 0 Å². The first-order chi connectivity index (χ1) is 10.7. The highest BCUT2D eigenvalue weighted by molar-refractivity contribution is 5.87. The molecule has 0 atom stereocenters. The lowest BCUT2D eigenvalue weighted by Gasteiger charge is -2.17. The molecule has 0 N–H and O–H groups in total. The Morgan fingerprint density at radius 3 is 1.95 bits per heavy atom. The average Bonchev–Trinajstić information content (AvgIpc) is 3.20. The van der Waals surface area contributed by atoms with Crippen molar-refractivity contribution in [2.24, 2.45) is 0 Å². The van der Waals surface area contributed by atoms with Crippen LogP contribution in [-0.4, -0.2) is 18.2 Å². The molecule has 6 heteroatoms. The van der Waals surface area contributed by atoms with Gasteiger partial charge in [0.1, 0.15) is 0 Å². The molecular formula is C16H18O6. The van der Waals surface area contributed by atoms with Gasteiger partial charge in [-0.1, -0.05) is 19.8 Å². The zero-order chi connectivity index (χ0) is 15.8.